The van der Waals surface area contributed by atoms with Crippen LogP contribution in [0.15, 0.2) is 36.4 Å². The molecule has 2 aromatic carbocycles. The maximum Gasteiger partial charge on any atom is 0.221 e. The highest BCUT2D eigenvalue weighted by molar-refractivity contribution is 6.11. The van der Waals surface area contributed by atoms with Gasteiger partial charge in [0.1, 0.15) is 0 Å². The van der Waals surface area contributed by atoms with Crippen LogP contribution in [0.2, 0.25) is 0 Å². The van der Waals surface area contributed by atoms with Crippen molar-refractivity contribution in [3.63, 3.8) is 0 Å². The third-order valence-electron chi connectivity index (χ3n) is 3.52. The number of amides is 1. The molecule has 21 heavy (non-hydrogen) atoms. The van der Waals surface area contributed by atoms with Crippen LogP contribution in [0.25, 0.3) is 0 Å². The fourth-order valence-electron chi connectivity index (χ4n) is 2.36. The van der Waals surface area contributed by atoms with Gasteiger partial charge in [0.2, 0.25) is 5.91 Å². The second kappa shape index (κ2) is 5.92. The van der Waals surface area contributed by atoms with Gasteiger partial charge in [-0.3, -0.25) is 9.59 Å². The molecule has 0 spiro atoms. The first-order valence-corrected chi connectivity index (χ1v) is 6.89. The molecule has 0 aromatic heterocycles. The van der Waals surface area contributed by atoms with E-state index in [4.69, 9.17) is 0 Å². The number of ketones is 1. The summed E-state index contributed by atoms with van der Waals surface area (Å²) in [4.78, 5) is 23.9. The summed E-state index contributed by atoms with van der Waals surface area (Å²) >= 11 is 0. The first-order valence-electron chi connectivity index (χ1n) is 6.89. The van der Waals surface area contributed by atoms with Gasteiger partial charge in [-0.25, -0.2) is 0 Å². The van der Waals surface area contributed by atoms with Gasteiger partial charge in [-0.05, 0) is 49.6 Å². The number of hydrogen-bond acceptors (Lipinski definition) is 2. The van der Waals surface area contributed by atoms with Gasteiger partial charge < -0.3 is 5.32 Å². The maximum absolute atomic E-state index is 12.7. The normalized spacial score (nSPS) is 10.3. The fourth-order valence-corrected chi connectivity index (χ4v) is 2.36. The smallest absolute Gasteiger partial charge is 0.221 e. The largest absolute Gasteiger partial charge is 0.326 e. The van der Waals surface area contributed by atoms with Crippen LogP contribution in [-0.2, 0) is 4.79 Å². The minimum absolute atomic E-state index is 0.0167. The Morgan fingerprint density at radius 3 is 2.14 bits per heavy atom. The lowest BCUT2D eigenvalue weighted by Gasteiger charge is -2.13. The molecule has 0 saturated carbocycles. The minimum Gasteiger partial charge on any atom is -0.326 e. The van der Waals surface area contributed by atoms with Gasteiger partial charge in [0, 0.05) is 23.7 Å². The lowest BCUT2D eigenvalue weighted by molar-refractivity contribution is -0.114. The molecule has 0 heterocycles. The topological polar surface area (TPSA) is 46.2 Å². The van der Waals surface area contributed by atoms with Crippen LogP contribution in [0.3, 0.4) is 0 Å². The first kappa shape index (κ1) is 15.0. The van der Waals surface area contributed by atoms with Crippen LogP contribution in [0.1, 0.15) is 39.5 Å². The van der Waals surface area contributed by atoms with Gasteiger partial charge in [-0.1, -0.05) is 24.3 Å². The van der Waals surface area contributed by atoms with Crippen LogP contribution < -0.4 is 5.32 Å². The Morgan fingerprint density at radius 2 is 1.52 bits per heavy atom. The van der Waals surface area contributed by atoms with E-state index in [0.717, 1.165) is 22.4 Å². The summed E-state index contributed by atoms with van der Waals surface area (Å²) in [6.07, 6.45) is 0. The first-order chi connectivity index (χ1) is 9.90. The molecule has 3 heteroatoms. The average molecular weight is 281 g/mol. The number of nitrogens with one attached hydrogen (secondary N) is 1. The third-order valence-corrected chi connectivity index (χ3v) is 3.52. The van der Waals surface area contributed by atoms with Crippen molar-refractivity contribution in [1.29, 1.82) is 0 Å². The van der Waals surface area contributed by atoms with Crippen molar-refractivity contribution >= 4 is 17.4 Å². The number of anilines is 1. The number of benzene rings is 2. The Kier molecular flexibility index (Phi) is 4.22. The zero-order valence-corrected chi connectivity index (χ0v) is 12.8. The number of rotatable bonds is 3. The molecule has 108 valence electrons. The van der Waals surface area contributed by atoms with Gasteiger partial charge in [0.15, 0.2) is 5.78 Å². The second-order valence-corrected chi connectivity index (χ2v) is 5.31. The molecule has 0 aliphatic heterocycles. The molecule has 0 aliphatic rings. The summed E-state index contributed by atoms with van der Waals surface area (Å²) in [7, 11) is 0. The van der Waals surface area contributed by atoms with Crippen molar-refractivity contribution in [3.8, 4) is 0 Å². The molecular formula is C18H19NO2. The van der Waals surface area contributed by atoms with Crippen molar-refractivity contribution in [2.45, 2.75) is 27.7 Å². The molecular weight excluding hydrogens is 262 g/mol. The Labute approximate surface area is 125 Å². The molecule has 0 unspecified atom stereocenters. The lowest BCUT2D eigenvalue weighted by atomic mass is 9.94. The van der Waals surface area contributed by atoms with Gasteiger partial charge in [0.05, 0.1) is 0 Å². The Hall–Kier alpha value is -2.42. The van der Waals surface area contributed by atoms with Gasteiger partial charge >= 0.3 is 0 Å². The van der Waals surface area contributed by atoms with Crippen molar-refractivity contribution in [2.75, 3.05) is 5.32 Å². The maximum atomic E-state index is 12.7. The number of carbonyl (C=O) groups is 2. The summed E-state index contributed by atoms with van der Waals surface area (Å²) < 4.78 is 0. The quantitative estimate of drug-likeness (QED) is 0.870. The van der Waals surface area contributed by atoms with E-state index >= 15 is 0 Å². The number of carbonyl (C=O) groups excluding carboxylic acids is 2. The SMILES string of the molecule is CC(=O)Nc1cc(C)c(C(=O)c2ccccc2C)cc1C. The number of hydrogen-bond donors (Lipinski definition) is 1. The lowest BCUT2D eigenvalue weighted by Crippen LogP contribution is -2.10. The molecule has 0 aliphatic carbocycles. The highest BCUT2D eigenvalue weighted by Crippen LogP contribution is 2.24. The summed E-state index contributed by atoms with van der Waals surface area (Å²) in [6, 6.07) is 11.3. The predicted octanol–water partition coefficient (Wildman–Crippen LogP) is 3.80. The van der Waals surface area contributed by atoms with E-state index in [9.17, 15) is 9.59 Å². The zero-order valence-electron chi connectivity index (χ0n) is 12.8. The molecule has 0 fully saturated rings. The molecule has 1 N–H and O–H groups in total. The van der Waals surface area contributed by atoms with E-state index in [-0.39, 0.29) is 11.7 Å². The van der Waals surface area contributed by atoms with Crippen LogP contribution in [0.4, 0.5) is 5.69 Å². The second-order valence-electron chi connectivity index (χ2n) is 5.31. The van der Waals surface area contributed by atoms with E-state index < -0.39 is 0 Å². The molecule has 2 rings (SSSR count). The van der Waals surface area contributed by atoms with E-state index in [2.05, 4.69) is 5.32 Å². The van der Waals surface area contributed by atoms with E-state index in [1.807, 2.05) is 57.2 Å². The van der Waals surface area contributed by atoms with E-state index in [0.29, 0.717) is 11.1 Å². The summed E-state index contributed by atoms with van der Waals surface area (Å²) in [5, 5.41) is 2.78. The molecule has 0 bridgehead atoms. The molecule has 0 atom stereocenters. The highest BCUT2D eigenvalue weighted by Gasteiger charge is 2.15. The van der Waals surface area contributed by atoms with Gasteiger partial charge in [0.25, 0.3) is 0 Å². The fraction of sp³-hybridized carbons (Fsp3) is 0.222. The third kappa shape index (κ3) is 3.19. The summed E-state index contributed by atoms with van der Waals surface area (Å²) in [5.41, 5.74) is 4.85. The zero-order chi connectivity index (χ0) is 15.6. The van der Waals surface area contributed by atoms with Crippen molar-refractivity contribution < 1.29 is 9.59 Å². The predicted molar refractivity (Wildman–Crippen MR) is 84.8 cm³/mol. The summed E-state index contributed by atoms with van der Waals surface area (Å²) in [5.74, 6) is -0.0986. The van der Waals surface area contributed by atoms with Gasteiger partial charge in [-0.2, -0.15) is 0 Å². The van der Waals surface area contributed by atoms with E-state index in [1.165, 1.54) is 6.92 Å². The molecule has 0 saturated heterocycles. The van der Waals surface area contributed by atoms with Gasteiger partial charge in [-0.15, -0.1) is 0 Å². The van der Waals surface area contributed by atoms with Crippen LogP contribution in [-0.4, -0.2) is 11.7 Å². The Bertz CT molecular complexity index is 717. The average Bonchev–Trinajstić information content (AvgIpc) is 2.42. The van der Waals surface area contributed by atoms with Crippen LogP contribution >= 0.6 is 0 Å². The van der Waals surface area contributed by atoms with Crippen LogP contribution in [0.5, 0.6) is 0 Å². The molecule has 3 nitrogen and oxygen atoms in total. The van der Waals surface area contributed by atoms with Crippen LogP contribution in [0, 0.1) is 20.8 Å². The Morgan fingerprint density at radius 1 is 0.857 bits per heavy atom. The highest BCUT2D eigenvalue weighted by atomic mass is 16.1. The van der Waals surface area contributed by atoms with E-state index in [1.54, 1.807) is 0 Å². The standard InChI is InChI=1S/C18H19NO2/c1-11-7-5-6-8-15(11)18(21)16-9-13(3)17(10-12(16)2)19-14(4)20/h5-10H,1-4H3,(H,19,20). The monoisotopic (exact) mass is 281 g/mol. The minimum atomic E-state index is -0.115. The Balaban J connectivity index is 2.46. The van der Waals surface area contributed by atoms with Crippen molar-refractivity contribution in [2.24, 2.45) is 0 Å². The molecule has 2 aromatic rings. The molecule has 0 radical (unpaired) electrons. The van der Waals surface area contributed by atoms with Crippen molar-refractivity contribution in [1.82, 2.24) is 0 Å². The van der Waals surface area contributed by atoms with Crippen molar-refractivity contribution in [3.05, 3.63) is 64.2 Å². The number of aryl methyl sites for hydroxylation is 3. The summed E-state index contributed by atoms with van der Waals surface area (Å²) in [6.45, 7) is 7.18. The molecule has 1 amide bonds.